The van der Waals surface area contributed by atoms with Crippen LogP contribution in [0.5, 0.6) is 0 Å². The number of carbonyl (C=O) groups is 2. The number of hydrogen-bond donors (Lipinski definition) is 5. The standard InChI is InChI=1S/C9H17NO6/c1-9(4-11,5-12)7(15)8(16)10-3-2-6(13)14/h7,11-12,15H,2-5H2,1H3,(H,10,16)(H,13,14). The van der Waals surface area contributed by atoms with Crippen LogP contribution in [0.3, 0.4) is 0 Å². The Kier molecular flexibility index (Phi) is 5.94. The van der Waals surface area contributed by atoms with Crippen LogP contribution < -0.4 is 5.32 Å². The van der Waals surface area contributed by atoms with E-state index in [4.69, 9.17) is 15.3 Å². The summed E-state index contributed by atoms with van der Waals surface area (Å²) in [6.45, 7) is 0.112. The summed E-state index contributed by atoms with van der Waals surface area (Å²) < 4.78 is 0. The van der Waals surface area contributed by atoms with Crippen LogP contribution in [0.4, 0.5) is 0 Å². The van der Waals surface area contributed by atoms with Gasteiger partial charge in [0.1, 0.15) is 6.10 Å². The summed E-state index contributed by atoms with van der Waals surface area (Å²) in [4.78, 5) is 21.5. The second-order valence-electron chi connectivity index (χ2n) is 3.81. The molecule has 0 heterocycles. The van der Waals surface area contributed by atoms with E-state index in [0.29, 0.717) is 0 Å². The Hall–Kier alpha value is -1.18. The molecule has 0 radical (unpaired) electrons. The molecule has 7 nitrogen and oxygen atoms in total. The van der Waals surface area contributed by atoms with E-state index in [0.717, 1.165) is 0 Å². The minimum Gasteiger partial charge on any atom is -0.481 e. The van der Waals surface area contributed by atoms with Crippen molar-refractivity contribution < 1.29 is 30.0 Å². The zero-order valence-electron chi connectivity index (χ0n) is 9.01. The van der Waals surface area contributed by atoms with Crippen molar-refractivity contribution in [1.82, 2.24) is 5.32 Å². The monoisotopic (exact) mass is 235 g/mol. The van der Waals surface area contributed by atoms with Crippen molar-refractivity contribution in [3.63, 3.8) is 0 Å². The van der Waals surface area contributed by atoms with E-state index in [1.165, 1.54) is 6.92 Å². The molecule has 0 spiro atoms. The van der Waals surface area contributed by atoms with E-state index in [1.54, 1.807) is 0 Å². The van der Waals surface area contributed by atoms with Crippen molar-refractivity contribution in [2.45, 2.75) is 19.4 Å². The molecule has 5 N–H and O–H groups in total. The van der Waals surface area contributed by atoms with Crippen molar-refractivity contribution in [2.75, 3.05) is 19.8 Å². The molecule has 0 aromatic rings. The van der Waals surface area contributed by atoms with Gasteiger partial charge >= 0.3 is 5.97 Å². The van der Waals surface area contributed by atoms with Gasteiger partial charge in [-0.2, -0.15) is 0 Å². The third-order valence-electron chi connectivity index (χ3n) is 2.27. The maximum absolute atomic E-state index is 11.3. The molecule has 0 bridgehead atoms. The topological polar surface area (TPSA) is 127 Å². The van der Waals surface area contributed by atoms with Gasteiger partial charge < -0.3 is 25.7 Å². The zero-order chi connectivity index (χ0) is 12.8. The molecule has 0 fully saturated rings. The van der Waals surface area contributed by atoms with Gasteiger partial charge in [0.2, 0.25) is 5.91 Å². The minimum absolute atomic E-state index is 0.113. The van der Waals surface area contributed by atoms with Crippen molar-refractivity contribution in [3.05, 3.63) is 0 Å². The summed E-state index contributed by atoms with van der Waals surface area (Å²) in [6.07, 6.45) is -1.84. The number of aliphatic hydroxyl groups is 3. The number of carboxylic acids is 1. The second-order valence-corrected chi connectivity index (χ2v) is 3.81. The number of amides is 1. The molecule has 0 aliphatic heterocycles. The summed E-state index contributed by atoms with van der Waals surface area (Å²) in [6, 6.07) is 0. The molecule has 0 aliphatic carbocycles. The van der Waals surface area contributed by atoms with Gasteiger partial charge in [0.15, 0.2) is 0 Å². The minimum atomic E-state index is -1.59. The third kappa shape index (κ3) is 4.13. The van der Waals surface area contributed by atoms with Gasteiger partial charge in [-0.3, -0.25) is 9.59 Å². The van der Waals surface area contributed by atoms with E-state index in [9.17, 15) is 14.7 Å². The van der Waals surface area contributed by atoms with Gasteiger partial charge in [-0.1, -0.05) is 6.92 Å². The maximum atomic E-state index is 11.3. The van der Waals surface area contributed by atoms with Gasteiger partial charge in [-0.15, -0.1) is 0 Å². The van der Waals surface area contributed by atoms with E-state index < -0.39 is 36.6 Å². The first-order valence-electron chi connectivity index (χ1n) is 4.76. The van der Waals surface area contributed by atoms with Crippen LogP contribution in [0, 0.1) is 5.41 Å². The molecule has 0 aromatic heterocycles. The smallest absolute Gasteiger partial charge is 0.305 e. The highest BCUT2D eigenvalue weighted by Crippen LogP contribution is 2.19. The molecule has 16 heavy (non-hydrogen) atoms. The SMILES string of the molecule is CC(CO)(CO)C(O)C(=O)NCCC(=O)O. The van der Waals surface area contributed by atoms with Crippen LogP contribution in [0.15, 0.2) is 0 Å². The molecule has 0 rings (SSSR count). The predicted octanol–water partition coefficient (Wildman–Crippen LogP) is -2.07. The maximum Gasteiger partial charge on any atom is 0.305 e. The van der Waals surface area contributed by atoms with Crippen LogP contribution in [0.1, 0.15) is 13.3 Å². The van der Waals surface area contributed by atoms with Crippen LogP contribution in [-0.2, 0) is 9.59 Å². The lowest BCUT2D eigenvalue weighted by atomic mass is 9.85. The largest absolute Gasteiger partial charge is 0.481 e. The predicted molar refractivity (Wildman–Crippen MR) is 53.5 cm³/mol. The number of carbonyl (C=O) groups excluding carboxylic acids is 1. The average molecular weight is 235 g/mol. The number of aliphatic hydroxyl groups excluding tert-OH is 3. The summed E-state index contributed by atoms with van der Waals surface area (Å²) >= 11 is 0. The van der Waals surface area contributed by atoms with E-state index >= 15 is 0 Å². The lowest BCUT2D eigenvalue weighted by molar-refractivity contribution is -0.141. The van der Waals surface area contributed by atoms with E-state index in [1.807, 2.05) is 0 Å². The fraction of sp³-hybridized carbons (Fsp3) is 0.778. The number of aliphatic carboxylic acids is 1. The summed E-state index contributed by atoms with van der Waals surface area (Å²) in [5.74, 6) is -1.88. The van der Waals surface area contributed by atoms with Gasteiger partial charge in [-0.25, -0.2) is 0 Å². The Morgan fingerprint density at radius 1 is 1.31 bits per heavy atom. The fourth-order valence-electron chi connectivity index (χ4n) is 0.929. The van der Waals surface area contributed by atoms with Gasteiger partial charge in [0.05, 0.1) is 19.6 Å². The van der Waals surface area contributed by atoms with Crippen LogP contribution in [-0.4, -0.2) is 58.2 Å². The average Bonchev–Trinajstić information content (AvgIpc) is 2.26. The van der Waals surface area contributed by atoms with E-state index in [-0.39, 0.29) is 13.0 Å². The number of hydrogen-bond acceptors (Lipinski definition) is 5. The number of rotatable bonds is 7. The first kappa shape index (κ1) is 14.8. The third-order valence-corrected chi connectivity index (χ3v) is 2.27. The van der Waals surface area contributed by atoms with Crippen LogP contribution in [0.25, 0.3) is 0 Å². The summed E-state index contributed by atoms with van der Waals surface area (Å²) in [7, 11) is 0. The van der Waals surface area contributed by atoms with Crippen molar-refractivity contribution in [1.29, 1.82) is 0 Å². The molecule has 0 saturated carbocycles. The van der Waals surface area contributed by atoms with Crippen molar-refractivity contribution >= 4 is 11.9 Å². The van der Waals surface area contributed by atoms with E-state index in [2.05, 4.69) is 5.32 Å². The molecule has 94 valence electrons. The second kappa shape index (κ2) is 6.41. The lowest BCUT2D eigenvalue weighted by Gasteiger charge is -2.29. The molecule has 7 heteroatoms. The fourth-order valence-corrected chi connectivity index (χ4v) is 0.929. The Morgan fingerprint density at radius 2 is 1.81 bits per heavy atom. The van der Waals surface area contributed by atoms with Crippen molar-refractivity contribution in [2.24, 2.45) is 5.41 Å². The zero-order valence-corrected chi connectivity index (χ0v) is 9.01. The number of nitrogens with one attached hydrogen (secondary N) is 1. The molecule has 1 unspecified atom stereocenters. The van der Waals surface area contributed by atoms with Crippen molar-refractivity contribution in [3.8, 4) is 0 Å². The highest BCUT2D eigenvalue weighted by molar-refractivity contribution is 5.81. The molecule has 1 atom stereocenters. The molecule has 0 aliphatic rings. The first-order chi connectivity index (χ1) is 7.37. The lowest BCUT2D eigenvalue weighted by Crippen LogP contribution is -2.49. The first-order valence-corrected chi connectivity index (χ1v) is 4.76. The van der Waals surface area contributed by atoms with Crippen LogP contribution in [0.2, 0.25) is 0 Å². The Morgan fingerprint density at radius 3 is 2.19 bits per heavy atom. The number of carboxylic acid groups (broad SMARTS) is 1. The van der Waals surface area contributed by atoms with Gasteiger partial charge in [-0.05, 0) is 0 Å². The molecule has 0 aromatic carbocycles. The summed E-state index contributed by atoms with van der Waals surface area (Å²) in [5, 5.41) is 37.9. The highest BCUT2D eigenvalue weighted by atomic mass is 16.4. The van der Waals surface area contributed by atoms with Gasteiger partial charge in [0.25, 0.3) is 0 Å². The molecular weight excluding hydrogens is 218 g/mol. The Labute approximate surface area is 92.7 Å². The molecule has 1 amide bonds. The highest BCUT2D eigenvalue weighted by Gasteiger charge is 2.36. The Bertz CT molecular complexity index is 250. The molecule has 0 saturated heterocycles. The quantitative estimate of drug-likeness (QED) is 0.345. The Balaban J connectivity index is 4.22. The summed E-state index contributed by atoms with van der Waals surface area (Å²) in [5.41, 5.74) is -1.34. The normalized spacial score (nSPS) is 13.2. The van der Waals surface area contributed by atoms with Crippen LogP contribution >= 0.6 is 0 Å². The molecular formula is C9H17NO6. The van der Waals surface area contributed by atoms with Gasteiger partial charge in [0, 0.05) is 12.0 Å².